The lowest BCUT2D eigenvalue weighted by Crippen LogP contribution is -2.35. The van der Waals surface area contributed by atoms with E-state index in [1.54, 1.807) is 18.2 Å². The Labute approximate surface area is 125 Å². The number of carboxylic acid groups (broad SMARTS) is 1. The molecule has 0 unspecified atom stereocenters. The van der Waals surface area contributed by atoms with Gasteiger partial charge in [-0.25, -0.2) is 8.42 Å². The first kappa shape index (κ1) is 15.0. The number of hydrogen-bond acceptors (Lipinski definition) is 5. The molecule has 0 spiro atoms. The smallest absolute Gasteiger partial charge is 0.324 e. The van der Waals surface area contributed by atoms with Gasteiger partial charge in [-0.1, -0.05) is 18.2 Å². The number of rotatable bonds is 5. The lowest BCUT2D eigenvalue weighted by Gasteiger charge is -2.21. The summed E-state index contributed by atoms with van der Waals surface area (Å²) in [7, 11) is -4.02. The minimum absolute atomic E-state index is 0.0656. The molecule has 2 aromatic rings. The predicted octanol–water partition coefficient (Wildman–Crippen LogP) is 1.90. The number of sulfonamides is 1. The van der Waals surface area contributed by atoms with E-state index in [0.717, 1.165) is 15.6 Å². The quantitative estimate of drug-likeness (QED) is 0.906. The van der Waals surface area contributed by atoms with Crippen molar-refractivity contribution in [2.75, 3.05) is 10.8 Å². The SMILES string of the molecule is N#Cc1ccc(S(=O)(=O)N(CC(=O)O)c2ccccc2)s1. The van der Waals surface area contributed by atoms with Crippen LogP contribution in [0.25, 0.3) is 0 Å². The van der Waals surface area contributed by atoms with Crippen molar-refractivity contribution in [2.24, 2.45) is 0 Å². The van der Waals surface area contributed by atoms with Crippen molar-refractivity contribution in [3.05, 3.63) is 47.3 Å². The molecule has 0 bridgehead atoms. The molecule has 21 heavy (non-hydrogen) atoms. The van der Waals surface area contributed by atoms with Crippen LogP contribution in [0.1, 0.15) is 4.88 Å². The van der Waals surface area contributed by atoms with Gasteiger partial charge < -0.3 is 5.11 Å². The number of benzene rings is 1. The fourth-order valence-electron chi connectivity index (χ4n) is 1.66. The molecule has 108 valence electrons. The van der Waals surface area contributed by atoms with E-state index in [1.807, 2.05) is 6.07 Å². The summed E-state index contributed by atoms with van der Waals surface area (Å²) in [4.78, 5) is 11.2. The predicted molar refractivity (Wildman–Crippen MR) is 77.6 cm³/mol. The molecule has 1 aromatic heterocycles. The Bertz CT molecular complexity index is 791. The number of para-hydroxylation sites is 1. The second kappa shape index (κ2) is 5.95. The summed E-state index contributed by atoms with van der Waals surface area (Å²) in [6.45, 7) is -0.688. The van der Waals surface area contributed by atoms with Crippen molar-refractivity contribution in [1.29, 1.82) is 5.26 Å². The lowest BCUT2D eigenvalue weighted by atomic mass is 10.3. The third-order valence-electron chi connectivity index (χ3n) is 2.56. The van der Waals surface area contributed by atoms with Gasteiger partial charge in [0.2, 0.25) is 0 Å². The number of carbonyl (C=O) groups is 1. The fourth-order valence-corrected chi connectivity index (χ4v) is 4.29. The Balaban J connectivity index is 2.50. The first-order valence-electron chi connectivity index (χ1n) is 5.74. The summed E-state index contributed by atoms with van der Waals surface area (Å²) in [5, 5.41) is 17.7. The van der Waals surface area contributed by atoms with Crippen LogP contribution in [-0.4, -0.2) is 26.0 Å². The maximum Gasteiger partial charge on any atom is 0.324 e. The van der Waals surface area contributed by atoms with Crippen LogP contribution in [-0.2, 0) is 14.8 Å². The fraction of sp³-hybridized carbons (Fsp3) is 0.0769. The molecule has 0 aliphatic heterocycles. The maximum atomic E-state index is 12.6. The Hall–Kier alpha value is -2.37. The zero-order valence-electron chi connectivity index (χ0n) is 10.6. The van der Waals surface area contributed by atoms with E-state index in [2.05, 4.69) is 0 Å². The van der Waals surface area contributed by atoms with Crippen LogP contribution in [0.5, 0.6) is 0 Å². The van der Waals surface area contributed by atoms with Crippen LogP contribution >= 0.6 is 11.3 Å². The number of nitriles is 1. The van der Waals surface area contributed by atoms with Crippen molar-refractivity contribution in [1.82, 2.24) is 0 Å². The number of nitrogens with zero attached hydrogens (tertiary/aromatic N) is 2. The Kier molecular flexibility index (Phi) is 4.26. The summed E-state index contributed by atoms with van der Waals surface area (Å²) >= 11 is 0.806. The van der Waals surface area contributed by atoms with Crippen LogP contribution in [0.2, 0.25) is 0 Å². The second-order valence-corrected chi connectivity index (χ2v) is 7.14. The molecule has 0 aliphatic rings. The number of aliphatic carboxylic acids is 1. The van der Waals surface area contributed by atoms with Crippen LogP contribution in [0.3, 0.4) is 0 Å². The van der Waals surface area contributed by atoms with Crippen molar-refractivity contribution in [3.8, 4) is 6.07 Å². The molecular formula is C13H10N2O4S2. The number of hydrogen-bond donors (Lipinski definition) is 1. The zero-order chi connectivity index (χ0) is 15.5. The molecule has 1 heterocycles. The Morgan fingerprint density at radius 1 is 1.24 bits per heavy atom. The van der Waals surface area contributed by atoms with Crippen LogP contribution < -0.4 is 4.31 Å². The number of thiophene rings is 1. The standard InChI is InChI=1S/C13H10N2O4S2/c14-8-11-6-7-13(20-11)21(18,19)15(9-12(16)17)10-4-2-1-3-5-10/h1-7H,9H2,(H,16,17). The molecule has 0 amide bonds. The molecule has 6 nitrogen and oxygen atoms in total. The molecule has 0 aliphatic carbocycles. The Morgan fingerprint density at radius 3 is 2.43 bits per heavy atom. The lowest BCUT2D eigenvalue weighted by molar-refractivity contribution is -0.135. The van der Waals surface area contributed by atoms with Gasteiger partial charge in [-0.3, -0.25) is 9.10 Å². The maximum absolute atomic E-state index is 12.6. The van der Waals surface area contributed by atoms with Gasteiger partial charge in [0, 0.05) is 0 Å². The van der Waals surface area contributed by atoms with Crippen molar-refractivity contribution < 1.29 is 18.3 Å². The van der Waals surface area contributed by atoms with Gasteiger partial charge in [-0.05, 0) is 24.3 Å². The minimum atomic E-state index is -4.02. The van der Waals surface area contributed by atoms with E-state index in [0.29, 0.717) is 0 Å². The molecule has 1 aromatic carbocycles. The van der Waals surface area contributed by atoms with Gasteiger partial charge in [-0.2, -0.15) is 5.26 Å². The first-order valence-corrected chi connectivity index (χ1v) is 8.00. The summed E-state index contributed by atoms with van der Waals surface area (Å²) in [5.41, 5.74) is 0.256. The third kappa shape index (κ3) is 3.21. The largest absolute Gasteiger partial charge is 0.480 e. The molecule has 1 N–H and O–H groups in total. The third-order valence-corrected chi connectivity index (χ3v) is 5.79. The highest BCUT2D eigenvalue weighted by Crippen LogP contribution is 2.28. The van der Waals surface area contributed by atoms with E-state index in [9.17, 15) is 13.2 Å². The molecule has 8 heteroatoms. The highest BCUT2D eigenvalue weighted by Gasteiger charge is 2.28. The van der Waals surface area contributed by atoms with Gasteiger partial charge in [0.05, 0.1) is 5.69 Å². The van der Waals surface area contributed by atoms with Crippen molar-refractivity contribution >= 4 is 33.0 Å². The average molecular weight is 322 g/mol. The van der Waals surface area contributed by atoms with Gasteiger partial charge in [0.1, 0.15) is 21.7 Å². The topological polar surface area (TPSA) is 98.5 Å². The summed E-state index contributed by atoms with van der Waals surface area (Å²) < 4.78 is 25.9. The van der Waals surface area contributed by atoms with Crippen LogP contribution in [0, 0.1) is 11.3 Å². The Morgan fingerprint density at radius 2 is 1.90 bits per heavy atom. The van der Waals surface area contributed by atoms with Gasteiger partial charge in [0.25, 0.3) is 10.0 Å². The number of anilines is 1. The normalized spacial score (nSPS) is 10.8. The molecule has 2 rings (SSSR count). The van der Waals surface area contributed by atoms with Crippen molar-refractivity contribution in [2.45, 2.75) is 4.21 Å². The van der Waals surface area contributed by atoms with Crippen LogP contribution in [0.15, 0.2) is 46.7 Å². The van der Waals surface area contributed by atoms with E-state index in [-0.39, 0.29) is 14.8 Å². The molecule has 0 saturated carbocycles. The van der Waals surface area contributed by atoms with Gasteiger partial charge >= 0.3 is 5.97 Å². The van der Waals surface area contributed by atoms with E-state index in [4.69, 9.17) is 10.4 Å². The zero-order valence-corrected chi connectivity index (χ0v) is 12.3. The monoisotopic (exact) mass is 322 g/mol. The summed E-state index contributed by atoms with van der Waals surface area (Å²) in [6.07, 6.45) is 0. The average Bonchev–Trinajstić information content (AvgIpc) is 2.95. The molecule has 0 fully saturated rings. The molecular weight excluding hydrogens is 312 g/mol. The molecule has 0 atom stereocenters. The highest BCUT2D eigenvalue weighted by atomic mass is 32.2. The summed E-state index contributed by atoms with van der Waals surface area (Å²) in [6, 6.07) is 12.5. The first-order chi connectivity index (χ1) is 9.95. The molecule has 0 radical (unpaired) electrons. The summed E-state index contributed by atoms with van der Waals surface area (Å²) in [5.74, 6) is -1.26. The van der Waals surface area contributed by atoms with Gasteiger partial charge in [-0.15, -0.1) is 11.3 Å². The van der Waals surface area contributed by atoms with Crippen molar-refractivity contribution in [3.63, 3.8) is 0 Å². The number of carboxylic acids is 1. The second-order valence-electron chi connectivity index (χ2n) is 3.97. The van der Waals surface area contributed by atoms with E-state index >= 15 is 0 Å². The van der Waals surface area contributed by atoms with Gasteiger partial charge in [0.15, 0.2) is 0 Å². The minimum Gasteiger partial charge on any atom is -0.480 e. The molecule has 0 saturated heterocycles. The highest BCUT2D eigenvalue weighted by molar-refractivity contribution is 7.94. The van der Waals surface area contributed by atoms with E-state index < -0.39 is 22.5 Å². The van der Waals surface area contributed by atoms with Crippen LogP contribution in [0.4, 0.5) is 5.69 Å². The van der Waals surface area contributed by atoms with E-state index in [1.165, 1.54) is 24.3 Å².